The van der Waals surface area contributed by atoms with Crippen LogP contribution in [0, 0.1) is 0 Å². The fraction of sp³-hybridized carbons (Fsp3) is 0.333. The average Bonchev–Trinajstić information content (AvgIpc) is 2.35. The molecule has 18 heavy (non-hydrogen) atoms. The van der Waals surface area contributed by atoms with Gasteiger partial charge in [-0.2, -0.15) is 0 Å². The Labute approximate surface area is 103 Å². The maximum absolute atomic E-state index is 12.2. The monoisotopic (exact) mass is 249 g/mol. The molecule has 1 aromatic heterocycles. The largest absolute Gasteiger partial charge is 0.497 e. The quantitative estimate of drug-likeness (QED) is 0.823. The molecule has 0 spiro atoms. The second kappa shape index (κ2) is 4.30. The van der Waals surface area contributed by atoms with Crippen LogP contribution in [0.2, 0.25) is 0 Å². The molecule has 2 aromatic rings. The van der Waals surface area contributed by atoms with Crippen LogP contribution in [0.5, 0.6) is 5.75 Å². The number of benzene rings is 1. The molecular formula is C12H15N3O3. The van der Waals surface area contributed by atoms with Crippen molar-refractivity contribution in [1.82, 2.24) is 9.13 Å². The van der Waals surface area contributed by atoms with E-state index in [9.17, 15) is 9.59 Å². The smallest absolute Gasteiger partial charge is 0.332 e. The van der Waals surface area contributed by atoms with E-state index in [2.05, 4.69) is 0 Å². The topological polar surface area (TPSA) is 79.2 Å². The van der Waals surface area contributed by atoms with Gasteiger partial charge in [-0.15, -0.1) is 0 Å². The normalized spacial score (nSPS) is 12.7. The Balaban J connectivity index is 2.99. The first-order valence-corrected chi connectivity index (χ1v) is 5.52. The molecule has 1 aromatic carbocycles. The highest BCUT2D eigenvalue weighted by atomic mass is 16.5. The minimum absolute atomic E-state index is 0.401. The van der Waals surface area contributed by atoms with Crippen molar-refractivity contribution in [3.05, 3.63) is 39.0 Å². The second-order valence-electron chi connectivity index (χ2n) is 4.14. The van der Waals surface area contributed by atoms with E-state index in [1.165, 1.54) is 11.7 Å². The van der Waals surface area contributed by atoms with Gasteiger partial charge in [-0.05, 0) is 25.1 Å². The van der Waals surface area contributed by atoms with E-state index >= 15 is 0 Å². The van der Waals surface area contributed by atoms with Crippen LogP contribution in [0.1, 0.15) is 13.1 Å². The first-order valence-electron chi connectivity index (χ1n) is 5.52. The number of nitrogens with zero attached hydrogens (tertiary/aromatic N) is 2. The van der Waals surface area contributed by atoms with E-state index in [-0.39, 0.29) is 0 Å². The summed E-state index contributed by atoms with van der Waals surface area (Å²) in [7, 11) is 3.13. The maximum Gasteiger partial charge on any atom is 0.332 e. The van der Waals surface area contributed by atoms with Crippen LogP contribution in [-0.2, 0) is 7.05 Å². The van der Waals surface area contributed by atoms with E-state index in [1.807, 2.05) is 0 Å². The van der Waals surface area contributed by atoms with Gasteiger partial charge in [-0.25, -0.2) is 9.36 Å². The van der Waals surface area contributed by atoms with Crippen LogP contribution in [0.4, 0.5) is 0 Å². The van der Waals surface area contributed by atoms with E-state index in [4.69, 9.17) is 10.5 Å². The van der Waals surface area contributed by atoms with Crippen LogP contribution in [0.3, 0.4) is 0 Å². The summed E-state index contributed by atoms with van der Waals surface area (Å²) in [4.78, 5) is 24.2. The summed E-state index contributed by atoms with van der Waals surface area (Å²) in [6, 6.07) is 5.00. The number of nitrogens with two attached hydrogens (primary N) is 1. The number of fused-ring (bicyclic) bond motifs is 1. The molecule has 0 saturated heterocycles. The molecule has 96 valence electrons. The minimum Gasteiger partial charge on any atom is -0.497 e. The van der Waals surface area contributed by atoms with Crippen LogP contribution >= 0.6 is 0 Å². The van der Waals surface area contributed by atoms with Gasteiger partial charge in [-0.3, -0.25) is 9.36 Å². The molecule has 0 amide bonds. The highest BCUT2D eigenvalue weighted by molar-refractivity contribution is 5.79. The molecule has 0 aliphatic rings. The van der Waals surface area contributed by atoms with Gasteiger partial charge in [0.15, 0.2) is 0 Å². The summed E-state index contributed by atoms with van der Waals surface area (Å²) in [5.74, 6) is 0.564. The first kappa shape index (κ1) is 12.4. The first-order chi connectivity index (χ1) is 8.47. The third-order valence-corrected chi connectivity index (χ3v) is 2.91. The molecule has 6 nitrogen and oxygen atoms in total. The number of hydrogen-bond donors (Lipinski definition) is 1. The summed E-state index contributed by atoms with van der Waals surface area (Å²) in [5, 5.41) is 0.411. The Kier molecular flexibility index (Phi) is 2.96. The molecule has 2 rings (SSSR count). The zero-order chi connectivity index (χ0) is 13.4. The van der Waals surface area contributed by atoms with Gasteiger partial charge in [0.05, 0.1) is 24.2 Å². The van der Waals surface area contributed by atoms with Crippen LogP contribution in [0.15, 0.2) is 27.8 Å². The lowest BCUT2D eigenvalue weighted by atomic mass is 10.2. The Morgan fingerprint density at radius 1 is 1.33 bits per heavy atom. The lowest BCUT2D eigenvalue weighted by Gasteiger charge is -2.13. The molecule has 0 saturated carbocycles. The molecule has 0 fully saturated rings. The number of aromatic nitrogens is 2. The highest BCUT2D eigenvalue weighted by Crippen LogP contribution is 2.16. The summed E-state index contributed by atoms with van der Waals surface area (Å²) in [6.45, 7) is 1.59. The Morgan fingerprint density at radius 3 is 2.56 bits per heavy atom. The zero-order valence-corrected chi connectivity index (χ0v) is 10.5. The molecule has 1 unspecified atom stereocenters. The zero-order valence-electron chi connectivity index (χ0n) is 10.5. The predicted molar refractivity (Wildman–Crippen MR) is 68.9 cm³/mol. The maximum atomic E-state index is 12.2. The summed E-state index contributed by atoms with van der Waals surface area (Å²) < 4.78 is 7.51. The standard InChI is InChI=1S/C12H15N3O3/c1-7(13)15-11(16)9-6-8(18-3)4-5-10(9)14(2)12(15)17/h4-7H,13H2,1-3H3. The summed E-state index contributed by atoms with van der Waals surface area (Å²) in [6.07, 6.45) is -0.674. The minimum atomic E-state index is -0.674. The van der Waals surface area contributed by atoms with Gasteiger partial charge in [-0.1, -0.05) is 0 Å². The van der Waals surface area contributed by atoms with Crippen molar-refractivity contribution in [2.45, 2.75) is 13.1 Å². The average molecular weight is 249 g/mol. The Hall–Kier alpha value is -2.08. The van der Waals surface area contributed by atoms with E-state index in [0.717, 1.165) is 4.57 Å². The van der Waals surface area contributed by atoms with E-state index < -0.39 is 17.4 Å². The van der Waals surface area contributed by atoms with Crippen molar-refractivity contribution in [2.24, 2.45) is 12.8 Å². The Bertz CT molecular complexity index is 713. The molecular weight excluding hydrogens is 234 g/mol. The third-order valence-electron chi connectivity index (χ3n) is 2.91. The fourth-order valence-corrected chi connectivity index (χ4v) is 1.95. The van der Waals surface area contributed by atoms with Gasteiger partial charge in [0, 0.05) is 7.05 Å². The lowest BCUT2D eigenvalue weighted by molar-refractivity contribution is 0.415. The molecule has 0 radical (unpaired) electrons. The number of methoxy groups -OCH3 is 1. The molecule has 6 heteroatoms. The van der Waals surface area contributed by atoms with Crippen molar-refractivity contribution in [2.75, 3.05) is 7.11 Å². The van der Waals surface area contributed by atoms with Gasteiger partial charge in [0.2, 0.25) is 0 Å². The number of rotatable bonds is 2. The number of aryl methyl sites for hydroxylation is 1. The lowest BCUT2D eigenvalue weighted by Crippen LogP contribution is -2.43. The number of hydrogen-bond acceptors (Lipinski definition) is 4. The fourth-order valence-electron chi connectivity index (χ4n) is 1.95. The summed E-state index contributed by atoms with van der Waals surface area (Å²) >= 11 is 0. The van der Waals surface area contributed by atoms with Gasteiger partial charge in [0.25, 0.3) is 5.56 Å². The van der Waals surface area contributed by atoms with Crippen molar-refractivity contribution >= 4 is 10.9 Å². The predicted octanol–water partition coefficient (Wildman–Crippen LogP) is 0.186. The van der Waals surface area contributed by atoms with E-state index in [1.54, 1.807) is 32.2 Å². The summed E-state index contributed by atoms with van der Waals surface area (Å²) in [5.41, 5.74) is 5.40. The highest BCUT2D eigenvalue weighted by Gasteiger charge is 2.13. The second-order valence-corrected chi connectivity index (χ2v) is 4.14. The molecule has 1 heterocycles. The number of ether oxygens (including phenoxy) is 1. The molecule has 0 bridgehead atoms. The molecule has 2 N–H and O–H groups in total. The van der Waals surface area contributed by atoms with Crippen LogP contribution in [0.25, 0.3) is 10.9 Å². The molecule has 0 aliphatic carbocycles. The molecule has 0 aliphatic heterocycles. The molecule has 1 atom stereocenters. The van der Waals surface area contributed by atoms with Gasteiger partial charge in [0.1, 0.15) is 5.75 Å². The van der Waals surface area contributed by atoms with Crippen molar-refractivity contribution < 1.29 is 4.74 Å². The van der Waals surface area contributed by atoms with Gasteiger partial charge >= 0.3 is 5.69 Å². The van der Waals surface area contributed by atoms with Gasteiger partial charge < -0.3 is 10.5 Å². The van der Waals surface area contributed by atoms with Crippen molar-refractivity contribution in [3.63, 3.8) is 0 Å². The van der Waals surface area contributed by atoms with Crippen molar-refractivity contribution in [1.29, 1.82) is 0 Å². The van der Waals surface area contributed by atoms with E-state index in [0.29, 0.717) is 16.7 Å². The van der Waals surface area contributed by atoms with Crippen molar-refractivity contribution in [3.8, 4) is 5.75 Å². The van der Waals surface area contributed by atoms with Crippen LogP contribution < -0.4 is 21.7 Å². The SMILES string of the molecule is COc1ccc2c(c1)c(=O)n(C(C)N)c(=O)n2C. The van der Waals surface area contributed by atoms with Crippen LogP contribution in [-0.4, -0.2) is 16.2 Å². The third kappa shape index (κ3) is 1.70. The Morgan fingerprint density at radius 2 is 2.00 bits per heavy atom.